The molecule has 0 saturated carbocycles. The third-order valence-electron chi connectivity index (χ3n) is 3.28. The molecule has 3 aromatic rings. The molecule has 5 heteroatoms. The fraction of sp³-hybridized carbons (Fsp3) is 0.125. The molecular formula is C16H14N4O. The van der Waals surface area contributed by atoms with Gasteiger partial charge in [-0.15, -0.1) is 0 Å². The highest BCUT2D eigenvalue weighted by Crippen LogP contribution is 2.23. The van der Waals surface area contributed by atoms with Gasteiger partial charge in [0.2, 0.25) is 5.89 Å². The van der Waals surface area contributed by atoms with Gasteiger partial charge in [0.1, 0.15) is 5.52 Å². The Bertz CT molecular complexity index is 832. The minimum absolute atomic E-state index is 0.503. The topological polar surface area (TPSA) is 79.1 Å². The van der Waals surface area contributed by atoms with E-state index in [9.17, 15) is 0 Å². The smallest absolute Gasteiger partial charge is 0.215 e. The molecule has 0 amide bonds. The molecule has 0 saturated heterocycles. The van der Waals surface area contributed by atoms with Crippen LogP contribution in [0.15, 0.2) is 46.9 Å². The Morgan fingerprint density at radius 2 is 2.10 bits per heavy atom. The molecule has 0 aliphatic rings. The number of oxazole rings is 1. The molecule has 3 rings (SSSR count). The van der Waals surface area contributed by atoms with Crippen molar-refractivity contribution in [3.05, 3.63) is 53.9 Å². The number of nitrogens with zero attached hydrogens (tertiary/aromatic N) is 3. The summed E-state index contributed by atoms with van der Waals surface area (Å²) < 4.78 is 5.70. The number of hydrogen-bond acceptors (Lipinski definition) is 5. The van der Waals surface area contributed by atoms with Gasteiger partial charge in [-0.1, -0.05) is 12.1 Å². The summed E-state index contributed by atoms with van der Waals surface area (Å²) in [5.41, 5.74) is 9.42. The summed E-state index contributed by atoms with van der Waals surface area (Å²) in [4.78, 5) is 6.40. The zero-order chi connectivity index (χ0) is 14.8. The van der Waals surface area contributed by atoms with Crippen LogP contribution in [0.25, 0.3) is 11.1 Å². The van der Waals surface area contributed by atoms with Crippen molar-refractivity contribution in [1.29, 1.82) is 5.26 Å². The van der Waals surface area contributed by atoms with Gasteiger partial charge in [-0.3, -0.25) is 0 Å². The Balaban J connectivity index is 1.87. The molecule has 0 aliphatic heterocycles. The maximum Gasteiger partial charge on any atom is 0.215 e. The third kappa shape index (κ3) is 2.51. The van der Waals surface area contributed by atoms with Crippen LogP contribution in [0.2, 0.25) is 0 Å². The molecule has 0 bridgehead atoms. The van der Waals surface area contributed by atoms with Crippen LogP contribution >= 0.6 is 0 Å². The molecule has 2 N–H and O–H groups in total. The van der Waals surface area contributed by atoms with Crippen LogP contribution in [0.3, 0.4) is 0 Å². The van der Waals surface area contributed by atoms with Crippen molar-refractivity contribution in [2.45, 2.75) is 6.54 Å². The van der Waals surface area contributed by atoms with Crippen molar-refractivity contribution in [3.63, 3.8) is 0 Å². The second-order valence-electron chi connectivity index (χ2n) is 4.82. The van der Waals surface area contributed by atoms with Gasteiger partial charge in [0.15, 0.2) is 5.58 Å². The number of para-hydroxylation sites is 1. The first kappa shape index (κ1) is 13.0. The number of nitrogen functional groups attached to an aromatic ring is 1. The summed E-state index contributed by atoms with van der Waals surface area (Å²) in [6.07, 6.45) is 0. The molecule has 0 spiro atoms. The molecule has 0 atom stereocenters. The van der Waals surface area contributed by atoms with E-state index in [1.165, 1.54) is 0 Å². The van der Waals surface area contributed by atoms with E-state index < -0.39 is 0 Å². The molecule has 2 aromatic carbocycles. The second-order valence-corrected chi connectivity index (χ2v) is 4.82. The van der Waals surface area contributed by atoms with Crippen LogP contribution in [0.4, 0.5) is 11.4 Å². The van der Waals surface area contributed by atoms with E-state index in [0.29, 0.717) is 34.8 Å². The maximum atomic E-state index is 8.95. The molecule has 1 aromatic heterocycles. The summed E-state index contributed by atoms with van der Waals surface area (Å²) in [6, 6.07) is 15.0. The van der Waals surface area contributed by atoms with Crippen LogP contribution in [-0.2, 0) is 6.54 Å². The SMILES string of the molecule is CN(Cc1nc2c(N)cccc2o1)c1cccc(C#N)c1. The predicted octanol–water partition coefficient (Wildman–Crippen LogP) is 2.92. The van der Waals surface area contributed by atoms with Gasteiger partial charge in [-0.25, -0.2) is 4.98 Å². The summed E-state index contributed by atoms with van der Waals surface area (Å²) >= 11 is 0. The van der Waals surface area contributed by atoms with Crippen molar-refractivity contribution >= 4 is 22.5 Å². The molecule has 0 fully saturated rings. The Morgan fingerprint density at radius 1 is 1.29 bits per heavy atom. The van der Waals surface area contributed by atoms with Crippen molar-refractivity contribution in [3.8, 4) is 6.07 Å². The zero-order valence-electron chi connectivity index (χ0n) is 11.6. The normalized spacial score (nSPS) is 10.5. The summed E-state index contributed by atoms with van der Waals surface area (Å²) in [5.74, 6) is 0.591. The lowest BCUT2D eigenvalue weighted by Crippen LogP contribution is -2.16. The monoisotopic (exact) mass is 278 g/mol. The highest BCUT2D eigenvalue weighted by atomic mass is 16.3. The highest BCUT2D eigenvalue weighted by Gasteiger charge is 2.11. The van der Waals surface area contributed by atoms with Gasteiger partial charge < -0.3 is 15.1 Å². The van der Waals surface area contributed by atoms with Crippen molar-refractivity contribution < 1.29 is 4.42 Å². The molecule has 21 heavy (non-hydrogen) atoms. The first-order chi connectivity index (χ1) is 10.2. The highest BCUT2D eigenvalue weighted by molar-refractivity contribution is 5.85. The van der Waals surface area contributed by atoms with Crippen LogP contribution in [0.1, 0.15) is 11.5 Å². The predicted molar refractivity (Wildman–Crippen MR) is 81.7 cm³/mol. The van der Waals surface area contributed by atoms with E-state index in [1.807, 2.05) is 42.3 Å². The molecule has 0 unspecified atom stereocenters. The lowest BCUT2D eigenvalue weighted by atomic mass is 10.2. The van der Waals surface area contributed by atoms with Gasteiger partial charge in [0.25, 0.3) is 0 Å². The van der Waals surface area contributed by atoms with Crippen LogP contribution in [0.5, 0.6) is 0 Å². The summed E-state index contributed by atoms with van der Waals surface area (Å²) in [7, 11) is 1.93. The van der Waals surface area contributed by atoms with Gasteiger partial charge in [-0.2, -0.15) is 5.26 Å². The molecule has 5 nitrogen and oxygen atoms in total. The van der Waals surface area contributed by atoms with Gasteiger partial charge in [0, 0.05) is 12.7 Å². The minimum atomic E-state index is 0.503. The quantitative estimate of drug-likeness (QED) is 0.745. The van der Waals surface area contributed by atoms with E-state index >= 15 is 0 Å². The third-order valence-corrected chi connectivity index (χ3v) is 3.28. The largest absolute Gasteiger partial charge is 0.439 e. The molecule has 104 valence electrons. The maximum absolute atomic E-state index is 8.95. The van der Waals surface area contributed by atoms with E-state index in [1.54, 1.807) is 12.1 Å². The van der Waals surface area contributed by atoms with Crippen molar-refractivity contribution in [2.75, 3.05) is 17.7 Å². The minimum Gasteiger partial charge on any atom is -0.439 e. The lowest BCUT2D eigenvalue weighted by molar-refractivity contribution is 0.527. The molecule has 1 heterocycles. The van der Waals surface area contributed by atoms with Crippen LogP contribution < -0.4 is 10.6 Å². The van der Waals surface area contributed by atoms with Crippen molar-refractivity contribution in [1.82, 2.24) is 4.98 Å². The van der Waals surface area contributed by atoms with Crippen LogP contribution in [-0.4, -0.2) is 12.0 Å². The first-order valence-corrected chi connectivity index (χ1v) is 6.52. The van der Waals surface area contributed by atoms with E-state index in [-0.39, 0.29) is 0 Å². The average Bonchev–Trinajstić information content (AvgIpc) is 2.91. The summed E-state index contributed by atoms with van der Waals surface area (Å²) in [5, 5.41) is 8.95. The van der Waals surface area contributed by atoms with Gasteiger partial charge in [0.05, 0.1) is 23.9 Å². The number of nitriles is 1. The number of aromatic nitrogens is 1. The standard InChI is InChI=1S/C16H14N4O/c1-20(12-5-2-4-11(8-12)9-17)10-15-19-16-13(18)6-3-7-14(16)21-15/h2-8H,10,18H2,1H3. The number of anilines is 2. The van der Waals surface area contributed by atoms with Gasteiger partial charge >= 0.3 is 0 Å². The van der Waals surface area contributed by atoms with Crippen LogP contribution in [0, 0.1) is 11.3 Å². The number of rotatable bonds is 3. The fourth-order valence-corrected chi connectivity index (χ4v) is 2.19. The molecule has 0 aliphatic carbocycles. The van der Waals surface area contributed by atoms with E-state index in [2.05, 4.69) is 11.1 Å². The number of nitrogens with two attached hydrogens (primary N) is 1. The van der Waals surface area contributed by atoms with Crippen molar-refractivity contribution in [2.24, 2.45) is 0 Å². The van der Waals surface area contributed by atoms with E-state index in [0.717, 1.165) is 5.69 Å². The Morgan fingerprint density at radius 3 is 2.86 bits per heavy atom. The number of hydrogen-bond donors (Lipinski definition) is 1. The molecule has 0 radical (unpaired) electrons. The lowest BCUT2D eigenvalue weighted by Gasteiger charge is -2.17. The Labute approximate surface area is 122 Å². The second kappa shape index (κ2) is 5.17. The summed E-state index contributed by atoms with van der Waals surface area (Å²) in [6.45, 7) is 0.503. The van der Waals surface area contributed by atoms with Gasteiger partial charge in [-0.05, 0) is 30.3 Å². The Hall–Kier alpha value is -3.00. The van der Waals surface area contributed by atoms with E-state index in [4.69, 9.17) is 15.4 Å². The molecular weight excluding hydrogens is 264 g/mol. The fourth-order valence-electron chi connectivity index (χ4n) is 2.19. The number of benzene rings is 2. The zero-order valence-corrected chi connectivity index (χ0v) is 11.6. The average molecular weight is 278 g/mol. The Kier molecular flexibility index (Phi) is 3.20. The first-order valence-electron chi connectivity index (χ1n) is 6.52. The number of fused-ring (bicyclic) bond motifs is 1.